The molecule has 0 amide bonds. The Morgan fingerprint density at radius 3 is 2.83 bits per heavy atom. The quantitative estimate of drug-likeness (QED) is 0.866. The molecule has 2 aromatic rings. The lowest BCUT2D eigenvalue weighted by atomic mass is 10.1. The Hall–Kier alpha value is -2.07. The fourth-order valence-corrected chi connectivity index (χ4v) is 1.73. The van der Waals surface area contributed by atoms with Gasteiger partial charge in [0.1, 0.15) is 0 Å². The molecule has 1 heterocycles. The Morgan fingerprint density at radius 2 is 2.22 bits per heavy atom. The van der Waals surface area contributed by atoms with Crippen molar-refractivity contribution in [1.29, 1.82) is 0 Å². The predicted octanol–water partition coefficient (Wildman–Crippen LogP) is 2.93. The van der Waals surface area contributed by atoms with Crippen molar-refractivity contribution in [1.82, 2.24) is 9.78 Å². The van der Waals surface area contributed by atoms with Crippen LogP contribution in [0.4, 0.5) is 0 Å². The highest BCUT2D eigenvalue weighted by Crippen LogP contribution is 2.21. The van der Waals surface area contributed by atoms with Gasteiger partial charge in [0.05, 0.1) is 11.4 Å². The molecule has 0 aliphatic heterocycles. The van der Waals surface area contributed by atoms with Gasteiger partial charge in [-0.15, -0.1) is 0 Å². The van der Waals surface area contributed by atoms with Crippen molar-refractivity contribution >= 4 is 23.6 Å². The first-order chi connectivity index (χ1) is 8.56. The first-order valence-corrected chi connectivity index (χ1v) is 5.67. The van der Waals surface area contributed by atoms with Gasteiger partial charge < -0.3 is 5.11 Å². The third kappa shape index (κ3) is 2.78. The van der Waals surface area contributed by atoms with Gasteiger partial charge in [-0.3, -0.25) is 0 Å². The van der Waals surface area contributed by atoms with E-state index in [1.807, 2.05) is 13.0 Å². The highest BCUT2D eigenvalue weighted by molar-refractivity contribution is 6.30. The number of carbonyl (C=O) groups is 1. The number of hydrogen-bond acceptors (Lipinski definition) is 2. The zero-order valence-electron chi connectivity index (χ0n) is 9.67. The molecular weight excluding hydrogens is 252 g/mol. The second kappa shape index (κ2) is 5.06. The van der Waals surface area contributed by atoms with Crippen LogP contribution in [0.3, 0.4) is 0 Å². The third-order valence-electron chi connectivity index (χ3n) is 2.37. The Kier molecular flexibility index (Phi) is 3.48. The summed E-state index contributed by atoms with van der Waals surface area (Å²) in [6, 6.07) is 7.08. The molecule has 0 aliphatic rings. The largest absolute Gasteiger partial charge is 0.478 e. The summed E-state index contributed by atoms with van der Waals surface area (Å²) in [7, 11) is 0. The van der Waals surface area contributed by atoms with Crippen molar-refractivity contribution in [3.63, 3.8) is 0 Å². The molecule has 0 saturated heterocycles. The van der Waals surface area contributed by atoms with Crippen LogP contribution >= 0.6 is 11.6 Å². The summed E-state index contributed by atoms with van der Waals surface area (Å²) in [6.07, 6.45) is 4.41. The number of hydrogen-bond donors (Lipinski definition) is 1. The molecule has 4 nitrogen and oxygen atoms in total. The molecule has 0 radical (unpaired) electrons. The number of benzene rings is 1. The lowest BCUT2D eigenvalue weighted by Crippen LogP contribution is -1.98. The summed E-state index contributed by atoms with van der Waals surface area (Å²) in [4.78, 5) is 10.6. The molecule has 92 valence electrons. The second-order valence-electron chi connectivity index (χ2n) is 3.78. The van der Waals surface area contributed by atoms with E-state index in [1.54, 1.807) is 29.1 Å². The van der Waals surface area contributed by atoms with Gasteiger partial charge in [-0.25, -0.2) is 9.48 Å². The summed E-state index contributed by atoms with van der Waals surface area (Å²) in [5, 5.41) is 13.5. The number of aliphatic carboxylic acids is 1. The zero-order valence-corrected chi connectivity index (χ0v) is 10.4. The van der Waals surface area contributed by atoms with Crippen molar-refractivity contribution in [3.8, 4) is 5.69 Å². The van der Waals surface area contributed by atoms with E-state index in [2.05, 4.69) is 5.10 Å². The van der Waals surface area contributed by atoms with Crippen molar-refractivity contribution in [2.45, 2.75) is 6.92 Å². The molecule has 0 aliphatic carbocycles. The van der Waals surface area contributed by atoms with E-state index in [9.17, 15) is 4.79 Å². The highest BCUT2D eigenvalue weighted by Gasteiger charge is 2.05. The standard InChI is InChI=1S/C13H11ClN2O2/c1-9-6-7-16(15-9)12-8-11(14)4-2-10(12)3-5-13(17)18/h2-8H,1H3,(H,17,18)/b5-3+. The maximum absolute atomic E-state index is 10.6. The first-order valence-electron chi connectivity index (χ1n) is 5.29. The van der Waals surface area contributed by atoms with Gasteiger partial charge in [-0.05, 0) is 31.2 Å². The molecule has 0 saturated carbocycles. The molecule has 1 aromatic heterocycles. The molecule has 0 atom stereocenters. The molecule has 5 heteroatoms. The lowest BCUT2D eigenvalue weighted by molar-refractivity contribution is -0.131. The first kappa shape index (κ1) is 12.4. The molecular formula is C13H11ClN2O2. The lowest BCUT2D eigenvalue weighted by Gasteiger charge is -2.06. The maximum Gasteiger partial charge on any atom is 0.328 e. The van der Waals surface area contributed by atoms with E-state index in [0.29, 0.717) is 5.02 Å². The van der Waals surface area contributed by atoms with E-state index >= 15 is 0 Å². The predicted molar refractivity (Wildman–Crippen MR) is 70.0 cm³/mol. The van der Waals surface area contributed by atoms with Crippen molar-refractivity contribution in [2.24, 2.45) is 0 Å². The van der Waals surface area contributed by atoms with Crippen molar-refractivity contribution in [2.75, 3.05) is 0 Å². The van der Waals surface area contributed by atoms with Crippen LogP contribution in [0.5, 0.6) is 0 Å². The van der Waals surface area contributed by atoms with Crippen LogP contribution in [0.15, 0.2) is 36.5 Å². The Morgan fingerprint density at radius 1 is 1.44 bits per heavy atom. The fraction of sp³-hybridized carbons (Fsp3) is 0.0769. The Balaban J connectivity index is 2.50. The number of rotatable bonds is 3. The van der Waals surface area contributed by atoms with Gasteiger partial charge in [0.2, 0.25) is 0 Å². The van der Waals surface area contributed by atoms with Crippen LogP contribution in [0.1, 0.15) is 11.3 Å². The average molecular weight is 263 g/mol. The van der Waals surface area contributed by atoms with Crippen molar-refractivity contribution < 1.29 is 9.90 Å². The van der Waals surface area contributed by atoms with Gasteiger partial charge in [0, 0.05) is 22.9 Å². The number of carboxylic acids is 1. The summed E-state index contributed by atoms with van der Waals surface area (Å²) in [5.41, 5.74) is 2.36. The molecule has 1 N–H and O–H groups in total. The second-order valence-corrected chi connectivity index (χ2v) is 4.21. The van der Waals surface area contributed by atoms with E-state index in [0.717, 1.165) is 23.0 Å². The third-order valence-corrected chi connectivity index (χ3v) is 2.60. The Labute approximate surface area is 109 Å². The van der Waals surface area contributed by atoms with Crippen LogP contribution in [0.25, 0.3) is 11.8 Å². The number of carboxylic acid groups (broad SMARTS) is 1. The van der Waals surface area contributed by atoms with Crippen LogP contribution in [0.2, 0.25) is 5.02 Å². The normalized spacial score (nSPS) is 11.0. The molecule has 0 fully saturated rings. The molecule has 2 rings (SSSR count). The molecule has 0 unspecified atom stereocenters. The average Bonchev–Trinajstić information content (AvgIpc) is 2.74. The topological polar surface area (TPSA) is 55.1 Å². The molecule has 0 spiro atoms. The summed E-state index contributed by atoms with van der Waals surface area (Å²) in [5.74, 6) is -0.993. The molecule has 18 heavy (non-hydrogen) atoms. The molecule has 1 aromatic carbocycles. The van der Waals surface area contributed by atoms with Gasteiger partial charge in [0.15, 0.2) is 0 Å². The monoisotopic (exact) mass is 262 g/mol. The van der Waals surface area contributed by atoms with Crippen LogP contribution in [-0.4, -0.2) is 20.9 Å². The van der Waals surface area contributed by atoms with Gasteiger partial charge in [-0.1, -0.05) is 17.7 Å². The van der Waals surface area contributed by atoms with E-state index < -0.39 is 5.97 Å². The minimum absolute atomic E-state index is 0.575. The van der Waals surface area contributed by atoms with Crippen LogP contribution < -0.4 is 0 Å². The number of halogens is 1. The number of nitrogens with zero attached hydrogens (tertiary/aromatic N) is 2. The summed E-state index contributed by atoms with van der Waals surface area (Å²) < 4.78 is 1.67. The fourth-order valence-electron chi connectivity index (χ4n) is 1.57. The smallest absolute Gasteiger partial charge is 0.328 e. The summed E-state index contributed by atoms with van der Waals surface area (Å²) >= 11 is 5.95. The number of aryl methyl sites for hydroxylation is 1. The van der Waals surface area contributed by atoms with Crippen LogP contribution in [0, 0.1) is 6.92 Å². The SMILES string of the molecule is Cc1ccn(-c2cc(Cl)ccc2/C=C/C(=O)O)n1. The molecule has 0 bridgehead atoms. The van der Waals surface area contributed by atoms with E-state index in [1.165, 1.54) is 6.08 Å². The summed E-state index contributed by atoms with van der Waals surface area (Å²) in [6.45, 7) is 1.88. The van der Waals surface area contributed by atoms with Crippen molar-refractivity contribution in [3.05, 3.63) is 52.8 Å². The minimum Gasteiger partial charge on any atom is -0.478 e. The van der Waals surface area contributed by atoms with Gasteiger partial charge in [0.25, 0.3) is 0 Å². The van der Waals surface area contributed by atoms with Crippen LogP contribution in [-0.2, 0) is 4.79 Å². The highest BCUT2D eigenvalue weighted by atomic mass is 35.5. The van der Waals surface area contributed by atoms with Gasteiger partial charge in [-0.2, -0.15) is 5.10 Å². The van der Waals surface area contributed by atoms with Gasteiger partial charge >= 0.3 is 5.97 Å². The van der Waals surface area contributed by atoms with E-state index in [4.69, 9.17) is 16.7 Å². The minimum atomic E-state index is -0.993. The number of aromatic nitrogens is 2. The Bertz CT molecular complexity index is 617. The van der Waals surface area contributed by atoms with E-state index in [-0.39, 0.29) is 0 Å². The zero-order chi connectivity index (χ0) is 13.1. The maximum atomic E-state index is 10.6.